The zero-order valence-electron chi connectivity index (χ0n) is 6.08. The molecule has 0 aromatic carbocycles. The number of aromatic amines is 1. The minimum absolute atomic E-state index is 0.132. The van der Waals surface area contributed by atoms with Crippen molar-refractivity contribution in [2.75, 3.05) is 0 Å². The molecule has 0 saturated heterocycles. The van der Waals surface area contributed by atoms with E-state index in [4.69, 9.17) is 5.73 Å². The Morgan fingerprint density at radius 2 is 2.45 bits per heavy atom. The lowest BCUT2D eigenvalue weighted by molar-refractivity contribution is 0.661. The smallest absolute Gasteiger partial charge is 0.324 e. The van der Waals surface area contributed by atoms with Crippen LogP contribution in [0.2, 0.25) is 0 Å². The molecular formula is C6H10N4O. The Morgan fingerprint density at radius 1 is 1.73 bits per heavy atom. The van der Waals surface area contributed by atoms with Gasteiger partial charge in [0.25, 0.3) is 0 Å². The lowest BCUT2D eigenvalue weighted by Crippen LogP contribution is -2.18. The molecule has 1 heterocycles. The monoisotopic (exact) mass is 154 g/mol. The van der Waals surface area contributed by atoms with Crippen LogP contribution in [0.3, 0.4) is 0 Å². The van der Waals surface area contributed by atoms with Gasteiger partial charge < -0.3 is 5.73 Å². The molecule has 0 unspecified atom stereocenters. The van der Waals surface area contributed by atoms with E-state index in [1.807, 2.05) is 0 Å². The second-order valence-corrected chi connectivity index (χ2v) is 2.75. The van der Waals surface area contributed by atoms with E-state index in [0.29, 0.717) is 18.4 Å². The molecule has 0 radical (unpaired) electrons. The van der Waals surface area contributed by atoms with Crippen molar-refractivity contribution in [1.82, 2.24) is 14.8 Å². The second kappa shape index (κ2) is 2.20. The molecule has 1 aliphatic rings. The Morgan fingerprint density at radius 3 is 3.00 bits per heavy atom. The molecule has 1 aliphatic carbocycles. The van der Waals surface area contributed by atoms with E-state index in [1.54, 1.807) is 4.57 Å². The van der Waals surface area contributed by atoms with Gasteiger partial charge in [-0.15, -0.1) is 0 Å². The first-order chi connectivity index (χ1) is 5.33. The van der Waals surface area contributed by atoms with Crippen LogP contribution < -0.4 is 11.4 Å². The van der Waals surface area contributed by atoms with Crippen LogP contribution in [0.5, 0.6) is 0 Å². The molecule has 2 rings (SSSR count). The van der Waals surface area contributed by atoms with Crippen LogP contribution >= 0.6 is 0 Å². The van der Waals surface area contributed by atoms with E-state index in [9.17, 15) is 4.79 Å². The maximum Gasteiger partial charge on any atom is 0.343 e. The standard InChI is InChI=1S/C6H10N4O/c7-3-5-8-9-6(11)10(5)4-1-2-4/h4H,1-3,7H2,(H,9,11). The Labute approximate surface area is 63.2 Å². The third kappa shape index (κ3) is 0.970. The van der Waals surface area contributed by atoms with E-state index in [1.165, 1.54) is 0 Å². The molecule has 5 heteroatoms. The summed E-state index contributed by atoms with van der Waals surface area (Å²) in [5.74, 6) is 0.664. The summed E-state index contributed by atoms with van der Waals surface area (Å²) in [7, 11) is 0. The molecule has 60 valence electrons. The predicted octanol–water partition coefficient (Wildman–Crippen LogP) is -0.635. The second-order valence-electron chi connectivity index (χ2n) is 2.75. The zero-order valence-corrected chi connectivity index (χ0v) is 6.08. The van der Waals surface area contributed by atoms with Crippen LogP contribution in [0.4, 0.5) is 0 Å². The molecule has 0 atom stereocenters. The van der Waals surface area contributed by atoms with Gasteiger partial charge in [-0.3, -0.25) is 4.57 Å². The molecule has 0 bridgehead atoms. The third-order valence-corrected chi connectivity index (χ3v) is 1.87. The maximum absolute atomic E-state index is 11.1. The molecule has 1 saturated carbocycles. The van der Waals surface area contributed by atoms with Crippen molar-refractivity contribution >= 4 is 0 Å². The number of rotatable bonds is 2. The number of nitrogens with one attached hydrogen (secondary N) is 1. The average Bonchev–Trinajstić information content (AvgIpc) is 2.76. The van der Waals surface area contributed by atoms with Gasteiger partial charge >= 0.3 is 5.69 Å². The van der Waals surface area contributed by atoms with E-state index >= 15 is 0 Å². The number of hydrogen-bond acceptors (Lipinski definition) is 3. The summed E-state index contributed by atoms with van der Waals surface area (Å²) in [5, 5.41) is 6.18. The van der Waals surface area contributed by atoms with E-state index in [-0.39, 0.29) is 5.69 Å². The van der Waals surface area contributed by atoms with Crippen LogP contribution in [0.15, 0.2) is 4.79 Å². The van der Waals surface area contributed by atoms with Gasteiger partial charge in [-0.05, 0) is 12.8 Å². The first kappa shape index (κ1) is 6.60. The highest BCUT2D eigenvalue weighted by Crippen LogP contribution is 2.33. The highest BCUT2D eigenvalue weighted by atomic mass is 16.1. The Balaban J connectivity index is 2.46. The van der Waals surface area contributed by atoms with Crippen LogP contribution in [0.25, 0.3) is 0 Å². The molecule has 0 spiro atoms. The fourth-order valence-corrected chi connectivity index (χ4v) is 1.19. The molecule has 5 nitrogen and oxygen atoms in total. The van der Waals surface area contributed by atoms with Gasteiger partial charge in [0.2, 0.25) is 0 Å². The number of nitrogens with two attached hydrogens (primary N) is 1. The van der Waals surface area contributed by atoms with Crippen molar-refractivity contribution < 1.29 is 0 Å². The minimum Gasteiger partial charge on any atom is -0.324 e. The van der Waals surface area contributed by atoms with Gasteiger partial charge in [0.15, 0.2) is 0 Å². The number of aromatic nitrogens is 3. The number of H-pyrrole nitrogens is 1. The van der Waals surface area contributed by atoms with Crippen molar-refractivity contribution in [3.8, 4) is 0 Å². The normalized spacial score (nSPS) is 17.2. The quantitative estimate of drug-likeness (QED) is 0.595. The van der Waals surface area contributed by atoms with Crippen LogP contribution in [0.1, 0.15) is 24.7 Å². The van der Waals surface area contributed by atoms with Crippen LogP contribution in [-0.4, -0.2) is 14.8 Å². The highest BCUT2D eigenvalue weighted by Gasteiger charge is 2.27. The molecule has 0 aliphatic heterocycles. The summed E-state index contributed by atoms with van der Waals surface area (Å²) in [6.07, 6.45) is 2.15. The van der Waals surface area contributed by atoms with Gasteiger partial charge in [-0.2, -0.15) is 5.10 Å². The molecule has 3 N–H and O–H groups in total. The van der Waals surface area contributed by atoms with Gasteiger partial charge in [0.05, 0.1) is 6.54 Å². The van der Waals surface area contributed by atoms with Crippen molar-refractivity contribution in [2.45, 2.75) is 25.4 Å². The lowest BCUT2D eigenvalue weighted by Gasteiger charge is -1.98. The SMILES string of the molecule is NCc1n[nH]c(=O)n1C1CC1. The van der Waals surface area contributed by atoms with Crippen molar-refractivity contribution in [2.24, 2.45) is 5.73 Å². The number of hydrogen-bond donors (Lipinski definition) is 2. The van der Waals surface area contributed by atoms with Crippen molar-refractivity contribution in [3.63, 3.8) is 0 Å². The summed E-state index contributed by atoms with van der Waals surface area (Å²) in [4.78, 5) is 11.1. The average molecular weight is 154 g/mol. The largest absolute Gasteiger partial charge is 0.343 e. The fraction of sp³-hybridized carbons (Fsp3) is 0.667. The van der Waals surface area contributed by atoms with Gasteiger partial charge in [-0.25, -0.2) is 9.89 Å². The summed E-state index contributed by atoms with van der Waals surface area (Å²) < 4.78 is 1.65. The zero-order chi connectivity index (χ0) is 7.84. The maximum atomic E-state index is 11.1. The van der Waals surface area contributed by atoms with E-state index in [0.717, 1.165) is 12.8 Å². The Hall–Kier alpha value is -1.10. The minimum atomic E-state index is -0.132. The van der Waals surface area contributed by atoms with Crippen LogP contribution in [-0.2, 0) is 6.54 Å². The lowest BCUT2D eigenvalue weighted by atomic mass is 10.5. The van der Waals surface area contributed by atoms with Gasteiger partial charge in [0.1, 0.15) is 5.82 Å². The fourth-order valence-electron chi connectivity index (χ4n) is 1.19. The van der Waals surface area contributed by atoms with E-state index < -0.39 is 0 Å². The third-order valence-electron chi connectivity index (χ3n) is 1.87. The van der Waals surface area contributed by atoms with Crippen LogP contribution in [0, 0.1) is 0 Å². The topological polar surface area (TPSA) is 76.7 Å². The Kier molecular flexibility index (Phi) is 1.32. The van der Waals surface area contributed by atoms with Crippen molar-refractivity contribution in [3.05, 3.63) is 16.3 Å². The number of nitrogens with zero attached hydrogens (tertiary/aromatic N) is 2. The molecule has 11 heavy (non-hydrogen) atoms. The molecule has 1 aromatic heterocycles. The van der Waals surface area contributed by atoms with Gasteiger partial charge in [0, 0.05) is 6.04 Å². The predicted molar refractivity (Wildman–Crippen MR) is 39.0 cm³/mol. The Bertz CT molecular complexity index is 309. The summed E-state index contributed by atoms with van der Waals surface area (Å²) in [5.41, 5.74) is 5.26. The first-order valence-corrected chi connectivity index (χ1v) is 3.69. The van der Waals surface area contributed by atoms with Gasteiger partial charge in [-0.1, -0.05) is 0 Å². The van der Waals surface area contributed by atoms with E-state index in [2.05, 4.69) is 10.2 Å². The summed E-state index contributed by atoms with van der Waals surface area (Å²) in [6, 6.07) is 0.361. The summed E-state index contributed by atoms with van der Waals surface area (Å²) in [6.45, 7) is 0.329. The van der Waals surface area contributed by atoms with Crippen molar-refractivity contribution in [1.29, 1.82) is 0 Å². The first-order valence-electron chi connectivity index (χ1n) is 3.69. The summed E-state index contributed by atoms with van der Waals surface area (Å²) >= 11 is 0. The molecule has 0 amide bonds. The molecular weight excluding hydrogens is 144 g/mol. The highest BCUT2D eigenvalue weighted by molar-refractivity contribution is 4.94. The molecule has 1 fully saturated rings. The molecule has 1 aromatic rings.